The molecule has 3 aromatic rings. The Kier molecular flexibility index (Phi) is 11.7. The molecule has 1 saturated carbocycles. The molecule has 4 rings (SSSR count). The summed E-state index contributed by atoms with van der Waals surface area (Å²) < 4.78 is 2.28. The summed E-state index contributed by atoms with van der Waals surface area (Å²) in [7, 11) is 0. The zero-order chi connectivity index (χ0) is 24.9. The number of carbonyl (C=O) groups is 2. The van der Waals surface area contributed by atoms with Crippen LogP contribution in [0.4, 0.5) is 0 Å². The summed E-state index contributed by atoms with van der Waals surface area (Å²) in [6, 6.07) is 14.0. The van der Waals surface area contributed by atoms with Gasteiger partial charge in [0.1, 0.15) is 12.3 Å². The van der Waals surface area contributed by atoms with E-state index in [-0.39, 0.29) is 0 Å². The van der Waals surface area contributed by atoms with E-state index in [1.54, 1.807) is 0 Å². The SMILES string of the molecule is CCn1c2ccccc2c2cc(C=O)ccc21.NC1CCCCC1.NCCCCC(N)C(=O)O. The fourth-order valence-corrected chi connectivity index (χ4v) is 4.25. The van der Waals surface area contributed by atoms with Crippen LogP contribution in [0.15, 0.2) is 42.5 Å². The Morgan fingerprint density at radius 2 is 1.76 bits per heavy atom. The minimum Gasteiger partial charge on any atom is -0.480 e. The van der Waals surface area contributed by atoms with E-state index >= 15 is 0 Å². The summed E-state index contributed by atoms with van der Waals surface area (Å²) in [6.07, 6.45) is 9.73. The Bertz CT molecular complexity index is 1040. The zero-order valence-corrected chi connectivity index (χ0v) is 20.3. The number of aryl methyl sites for hydroxylation is 1. The number of nitrogens with two attached hydrogens (primary N) is 3. The average Bonchev–Trinajstić information content (AvgIpc) is 3.18. The highest BCUT2D eigenvalue weighted by Gasteiger charge is 2.10. The van der Waals surface area contributed by atoms with Crippen molar-refractivity contribution in [3.05, 3.63) is 48.0 Å². The number of aldehydes is 1. The quantitative estimate of drug-likeness (QED) is 0.299. The normalized spacial score (nSPS) is 14.6. The molecule has 1 atom stereocenters. The van der Waals surface area contributed by atoms with Crippen molar-refractivity contribution in [1.29, 1.82) is 0 Å². The third-order valence-corrected chi connectivity index (χ3v) is 6.19. The summed E-state index contributed by atoms with van der Waals surface area (Å²) in [5, 5.41) is 10.7. The van der Waals surface area contributed by atoms with Gasteiger partial charge in [0.2, 0.25) is 0 Å². The number of benzene rings is 2. The highest BCUT2D eigenvalue weighted by molar-refractivity contribution is 6.09. The highest BCUT2D eigenvalue weighted by atomic mass is 16.4. The molecular formula is C27H40N4O3. The maximum atomic E-state index is 10.9. The third-order valence-electron chi connectivity index (χ3n) is 6.19. The molecule has 34 heavy (non-hydrogen) atoms. The molecule has 1 aromatic heterocycles. The first kappa shape index (κ1) is 27.5. The number of hydrogen-bond acceptors (Lipinski definition) is 5. The number of para-hydroxylation sites is 1. The number of rotatable bonds is 7. The summed E-state index contributed by atoms with van der Waals surface area (Å²) in [4.78, 5) is 21.0. The van der Waals surface area contributed by atoms with E-state index in [1.807, 2.05) is 30.3 Å². The van der Waals surface area contributed by atoms with Gasteiger partial charge in [0.05, 0.1) is 0 Å². The first-order chi connectivity index (χ1) is 16.4. The number of carboxylic acids is 1. The number of nitrogens with zero attached hydrogens (tertiary/aromatic N) is 1. The third kappa shape index (κ3) is 7.94. The van der Waals surface area contributed by atoms with Crippen molar-refractivity contribution in [2.45, 2.75) is 76.9 Å². The predicted molar refractivity (Wildman–Crippen MR) is 140 cm³/mol. The number of fused-ring (bicyclic) bond motifs is 3. The van der Waals surface area contributed by atoms with Crippen LogP contribution in [0.2, 0.25) is 0 Å². The Morgan fingerprint density at radius 1 is 1.09 bits per heavy atom. The number of carboxylic acid groups (broad SMARTS) is 1. The van der Waals surface area contributed by atoms with Gasteiger partial charge in [-0.25, -0.2) is 0 Å². The summed E-state index contributed by atoms with van der Waals surface area (Å²) in [6.45, 7) is 3.68. The van der Waals surface area contributed by atoms with Crippen LogP contribution in [0.5, 0.6) is 0 Å². The van der Waals surface area contributed by atoms with E-state index in [0.29, 0.717) is 19.0 Å². The van der Waals surface area contributed by atoms with Crippen LogP contribution in [0.25, 0.3) is 21.8 Å². The zero-order valence-electron chi connectivity index (χ0n) is 20.3. The molecule has 0 spiro atoms. The second-order valence-corrected chi connectivity index (χ2v) is 8.78. The molecule has 0 radical (unpaired) electrons. The molecule has 1 fully saturated rings. The molecule has 0 amide bonds. The largest absolute Gasteiger partial charge is 0.480 e. The molecule has 0 aliphatic heterocycles. The van der Waals surface area contributed by atoms with E-state index in [2.05, 4.69) is 23.6 Å². The van der Waals surface area contributed by atoms with Gasteiger partial charge in [0.15, 0.2) is 0 Å². The average molecular weight is 469 g/mol. The summed E-state index contributed by atoms with van der Waals surface area (Å²) in [5.41, 5.74) is 19.2. The topological polar surface area (TPSA) is 137 Å². The van der Waals surface area contributed by atoms with Crippen molar-refractivity contribution in [3.63, 3.8) is 0 Å². The van der Waals surface area contributed by atoms with E-state index in [0.717, 1.165) is 36.6 Å². The van der Waals surface area contributed by atoms with Crippen LogP contribution in [0.1, 0.15) is 68.6 Å². The van der Waals surface area contributed by atoms with Crippen molar-refractivity contribution in [2.75, 3.05) is 6.54 Å². The van der Waals surface area contributed by atoms with Crippen molar-refractivity contribution >= 4 is 34.1 Å². The Hall–Kier alpha value is -2.74. The van der Waals surface area contributed by atoms with Crippen molar-refractivity contribution in [1.82, 2.24) is 4.57 Å². The molecular weight excluding hydrogens is 428 g/mol. The second-order valence-electron chi connectivity index (χ2n) is 8.78. The summed E-state index contributed by atoms with van der Waals surface area (Å²) >= 11 is 0. The van der Waals surface area contributed by atoms with Gasteiger partial charge in [-0.3, -0.25) is 9.59 Å². The first-order valence-electron chi connectivity index (χ1n) is 12.3. The number of unbranched alkanes of at least 4 members (excludes halogenated alkanes) is 1. The van der Waals surface area contributed by atoms with Gasteiger partial charge in [0.25, 0.3) is 0 Å². The minimum atomic E-state index is -0.933. The standard InChI is InChI=1S/C15H13NO.C6H14N2O2.C6H13N/c1-2-16-14-6-4-3-5-12(14)13-9-11(10-17)7-8-15(13)16;7-4-2-1-3-5(8)6(9)10;7-6-4-2-1-3-5-6/h3-10H,2H2,1H3;5H,1-4,7-8H2,(H,9,10);6H,1-5,7H2. The van der Waals surface area contributed by atoms with Crippen molar-refractivity contribution in [3.8, 4) is 0 Å². The smallest absolute Gasteiger partial charge is 0.320 e. The number of hydrogen-bond donors (Lipinski definition) is 4. The van der Waals surface area contributed by atoms with Gasteiger partial charge in [-0.15, -0.1) is 0 Å². The van der Waals surface area contributed by atoms with E-state index in [4.69, 9.17) is 22.3 Å². The number of carbonyl (C=O) groups excluding carboxylic acids is 1. The fraction of sp³-hybridized carbons (Fsp3) is 0.481. The first-order valence-corrected chi connectivity index (χ1v) is 12.3. The van der Waals surface area contributed by atoms with Gasteiger partial charge in [-0.1, -0.05) is 43.9 Å². The van der Waals surface area contributed by atoms with Crippen LogP contribution >= 0.6 is 0 Å². The molecule has 1 unspecified atom stereocenters. The highest BCUT2D eigenvalue weighted by Crippen LogP contribution is 2.29. The molecule has 7 heteroatoms. The molecule has 0 saturated heterocycles. The van der Waals surface area contributed by atoms with E-state index in [9.17, 15) is 9.59 Å². The molecule has 7 N–H and O–H groups in total. The Morgan fingerprint density at radius 3 is 2.32 bits per heavy atom. The lowest BCUT2D eigenvalue weighted by atomic mass is 9.97. The van der Waals surface area contributed by atoms with Gasteiger partial charge in [-0.05, 0) is 63.4 Å². The van der Waals surface area contributed by atoms with Gasteiger partial charge < -0.3 is 26.9 Å². The lowest BCUT2D eigenvalue weighted by Crippen LogP contribution is -2.29. The minimum absolute atomic E-state index is 0.520. The van der Waals surface area contributed by atoms with Crippen LogP contribution in [0.3, 0.4) is 0 Å². The predicted octanol–water partition coefficient (Wildman–Crippen LogP) is 4.43. The fourth-order valence-electron chi connectivity index (χ4n) is 4.25. The lowest BCUT2D eigenvalue weighted by Gasteiger charge is -2.15. The molecule has 1 aliphatic rings. The number of aliphatic carboxylic acids is 1. The van der Waals surface area contributed by atoms with Crippen LogP contribution in [-0.4, -0.2) is 40.6 Å². The molecule has 1 aliphatic carbocycles. The molecule has 1 heterocycles. The maximum Gasteiger partial charge on any atom is 0.320 e. The molecule has 186 valence electrons. The van der Waals surface area contributed by atoms with Gasteiger partial charge >= 0.3 is 5.97 Å². The van der Waals surface area contributed by atoms with Crippen molar-refractivity contribution < 1.29 is 14.7 Å². The molecule has 2 aromatic carbocycles. The van der Waals surface area contributed by atoms with E-state index in [1.165, 1.54) is 48.5 Å². The molecule has 7 nitrogen and oxygen atoms in total. The molecule has 0 bridgehead atoms. The lowest BCUT2D eigenvalue weighted by molar-refractivity contribution is -0.138. The van der Waals surface area contributed by atoms with Crippen molar-refractivity contribution in [2.24, 2.45) is 17.2 Å². The van der Waals surface area contributed by atoms with Crippen LogP contribution in [-0.2, 0) is 11.3 Å². The van der Waals surface area contributed by atoms with Crippen LogP contribution < -0.4 is 17.2 Å². The van der Waals surface area contributed by atoms with E-state index < -0.39 is 12.0 Å². The Labute approximate surface area is 202 Å². The number of aromatic nitrogens is 1. The van der Waals surface area contributed by atoms with Crippen LogP contribution in [0, 0.1) is 0 Å². The van der Waals surface area contributed by atoms with Gasteiger partial charge in [-0.2, -0.15) is 0 Å². The van der Waals surface area contributed by atoms with Gasteiger partial charge in [0, 0.05) is 40.0 Å². The monoisotopic (exact) mass is 468 g/mol. The second kappa shape index (κ2) is 14.5. The maximum absolute atomic E-state index is 10.9. The summed E-state index contributed by atoms with van der Waals surface area (Å²) in [5.74, 6) is -0.933. The Balaban J connectivity index is 0.000000204.